The van der Waals surface area contributed by atoms with E-state index in [-0.39, 0.29) is 19.1 Å². The SMILES string of the molecule is CS(=O)(=O)Nc1ccc([C@H]2OCC(=O)N[C@@H]2CO)cc1. The molecule has 1 aliphatic rings. The van der Waals surface area contributed by atoms with E-state index in [4.69, 9.17) is 4.74 Å². The summed E-state index contributed by atoms with van der Waals surface area (Å²) in [4.78, 5) is 11.2. The van der Waals surface area contributed by atoms with E-state index in [1.165, 1.54) is 0 Å². The van der Waals surface area contributed by atoms with Crippen molar-refractivity contribution < 1.29 is 23.1 Å². The molecule has 0 aromatic heterocycles. The number of hydrogen-bond acceptors (Lipinski definition) is 5. The summed E-state index contributed by atoms with van der Waals surface area (Å²) in [6.45, 7) is -0.301. The molecule has 0 bridgehead atoms. The summed E-state index contributed by atoms with van der Waals surface area (Å²) in [5.74, 6) is -0.268. The molecule has 110 valence electrons. The average molecular weight is 300 g/mol. The summed E-state index contributed by atoms with van der Waals surface area (Å²) in [6, 6.07) is 6.08. The van der Waals surface area contributed by atoms with Crippen LogP contribution in [0.5, 0.6) is 0 Å². The molecule has 7 nitrogen and oxygen atoms in total. The fourth-order valence-electron chi connectivity index (χ4n) is 2.03. The Hall–Kier alpha value is -1.64. The number of rotatable bonds is 4. The lowest BCUT2D eigenvalue weighted by Crippen LogP contribution is -2.49. The zero-order valence-electron chi connectivity index (χ0n) is 10.9. The van der Waals surface area contributed by atoms with Crippen molar-refractivity contribution in [1.29, 1.82) is 0 Å². The first-order chi connectivity index (χ1) is 9.39. The van der Waals surface area contributed by atoms with Crippen LogP contribution in [0.4, 0.5) is 5.69 Å². The molecule has 20 heavy (non-hydrogen) atoms. The van der Waals surface area contributed by atoms with E-state index in [9.17, 15) is 18.3 Å². The zero-order valence-corrected chi connectivity index (χ0v) is 11.7. The Balaban J connectivity index is 2.14. The number of aliphatic hydroxyl groups excluding tert-OH is 1. The van der Waals surface area contributed by atoms with Crippen LogP contribution in [0.25, 0.3) is 0 Å². The van der Waals surface area contributed by atoms with Crippen LogP contribution in [-0.4, -0.2) is 44.9 Å². The second kappa shape index (κ2) is 5.78. The standard InChI is InChI=1S/C12H16N2O5S/c1-20(17,18)14-9-4-2-8(3-5-9)12-10(6-15)13-11(16)7-19-12/h2-5,10,12,14-15H,6-7H2,1H3,(H,13,16)/t10-,12-/m1/s1. The van der Waals surface area contributed by atoms with Gasteiger partial charge >= 0.3 is 0 Å². The van der Waals surface area contributed by atoms with Crippen LogP contribution in [0.15, 0.2) is 24.3 Å². The van der Waals surface area contributed by atoms with Crippen molar-refractivity contribution in [3.8, 4) is 0 Å². The van der Waals surface area contributed by atoms with Crippen LogP contribution >= 0.6 is 0 Å². The number of anilines is 1. The number of nitrogens with one attached hydrogen (secondary N) is 2. The number of sulfonamides is 1. The summed E-state index contributed by atoms with van der Waals surface area (Å²) < 4.78 is 30.0. The lowest BCUT2D eigenvalue weighted by molar-refractivity contribution is -0.138. The van der Waals surface area contributed by atoms with Gasteiger partial charge in [0.15, 0.2) is 0 Å². The molecule has 0 saturated carbocycles. The maximum atomic E-state index is 11.2. The minimum absolute atomic E-state index is 0.0650. The topological polar surface area (TPSA) is 105 Å². The van der Waals surface area contributed by atoms with Gasteiger partial charge in [0.05, 0.1) is 18.9 Å². The second-order valence-electron chi connectivity index (χ2n) is 4.58. The molecule has 0 unspecified atom stereocenters. The summed E-state index contributed by atoms with van der Waals surface area (Å²) in [5, 5.41) is 11.9. The summed E-state index contributed by atoms with van der Waals surface area (Å²) in [5.41, 5.74) is 1.19. The molecule has 3 N–H and O–H groups in total. The van der Waals surface area contributed by atoms with Crippen molar-refractivity contribution in [2.75, 3.05) is 24.2 Å². The van der Waals surface area contributed by atoms with Gasteiger partial charge < -0.3 is 15.2 Å². The highest BCUT2D eigenvalue weighted by Gasteiger charge is 2.30. The molecule has 1 amide bonds. The van der Waals surface area contributed by atoms with Crippen LogP contribution in [0, 0.1) is 0 Å². The monoisotopic (exact) mass is 300 g/mol. The van der Waals surface area contributed by atoms with Crippen molar-refractivity contribution in [3.05, 3.63) is 29.8 Å². The van der Waals surface area contributed by atoms with E-state index in [0.29, 0.717) is 5.69 Å². The van der Waals surface area contributed by atoms with E-state index >= 15 is 0 Å². The van der Waals surface area contributed by atoms with Crippen LogP contribution in [0.2, 0.25) is 0 Å². The van der Waals surface area contributed by atoms with Gasteiger partial charge in [0.25, 0.3) is 0 Å². The van der Waals surface area contributed by atoms with Crippen LogP contribution in [0.3, 0.4) is 0 Å². The molecule has 2 rings (SSSR count). The summed E-state index contributed by atoms with van der Waals surface area (Å²) >= 11 is 0. The average Bonchev–Trinajstić information content (AvgIpc) is 2.38. The largest absolute Gasteiger partial charge is 0.394 e. The number of amides is 1. The maximum absolute atomic E-state index is 11.2. The molecule has 2 atom stereocenters. The highest BCUT2D eigenvalue weighted by molar-refractivity contribution is 7.92. The van der Waals surface area contributed by atoms with Gasteiger partial charge in [-0.1, -0.05) is 12.1 Å². The first-order valence-electron chi connectivity index (χ1n) is 5.98. The first kappa shape index (κ1) is 14.8. The Morgan fingerprint density at radius 1 is 1.40 bits per heavy atom. The molecule has 0 spiro atoms. The normalized spacial score (nSPS) is 23.2. The Kier molecular flexibility index (Phi) is 4.26. The van der Waals surface area contributed by atoms with E-state index in [1.54, 1.807) is 24.3 Å². The zero-order chi connectivity index (χ0) is 14.8. The van der Waals surface area contributed by atoms with Crippen LogP contribution < -0.4 is 10.0 Å². The predicted octanol–water partition coefficient (Wildman–Crippen LogP) is -0.393. The molecule has 1 saturated heterocycles. The second-order valence-corrected chi connectivity index (χ2v) is 6.33. The predicted molar refractivity (Wildman–Crippen MR) is 72.6 cm³/mol. The summed E-state index contributed by atoms with van der Waals surface area (Å²) in [6.07, 6.45) is 0.618. The molecule has 1 aromatic rings. The molecule has 1 aromatic carbocycles. The van der Waals surface area contributed by atoms with Crippen molar-refractivity contribution in [2.24, 2.45) is 0 Å². The number of aliphatic hydroxyl groups is 1. The number of carbonyl (C=O) groups excluding carboxylic acids is 1. The lowest BCUT2D eigenvalue weighted by Gasteiger charge is -2.31. The Bertz CT molecular complexity index is 584. The van der Waals surface area contributed by atoms with E-state index in [0.717, 1.165) is 11.8 Å². The molecule has 8 heteroatoms. The third-order valence-electron chi connectivity index (χ3n) is 2.84. The van der Waals surface area contributed by atoms with Gasteiger partial charge in [-0.25, -0.2) is 8.42 Å². The van der Waals surface area contributed by atoms with Gasteiger partial charge in [-0.05, 0) is 17.7 Å². The van der Waals surface area contributed by atoms with Gasteiger partial charge in [-0.15, -0.1) is 0 Å². The molecule has 1 fully saturated rings. The fourth-order valence-corrected chi connectivity index (χ4v) is 2.59. The third kappa shape index (κ3) is 3.69. The number of ether oxygens (including phenoxy) is 1. The van der Waals surface area contributed by atoms with Crippen LogP contribution in [0.1, 0.15) is 11.7 Å². The Labute approximate surface area is 117 Å². The highest BCUT2D eigenvalue weighted by atomic mass is 32.2. The molecule has 0 aliphatic carbocycles. The third-order valence-corrected chi connectivity index (χ3v) is 3.45. The van der Waals surface area contributed by atoms with Gasteiger partial charge in [0.1, 0.15) is 12.7 Å². The lowest BCUT2D eigenvalue weighted by atomic mass is 10.0. The molecular weight excluding hydrogens is 284 g/mol. The van der Waals surface area contributed by atoms with Gasteiger partial charge in [-0.3, -0.25) is 9.52 Å². The Morgan fingerprint density at radius 2 is 2.05 bits per heavy atom. The quantitative estimate of drug-likeness (QED) is 0.702. The first-order valence-corrected chi connectivity index (χ1v) is 7.88. The van der Waals surface area contributed by atoms with E-state index in [1.807, 2.05) is 0 Å². The molecule has 1 heterocycles. The molecule has 0 radical (unpaired) electrons. The number of carbonyl (C=O) groups is 1. The smallest absolute Gasteiger partial charge is 0.246 e. The minimum Gasteiger partial charge on any atom is -0.394 e. The fraction of sp³-hybridized carbons (Fsp3) is 0.417. The number of hydrogen-bond donors (Lipinski definition) is 3. The number of benzene rings is 1. The summed E-state index contributed by atoms with van der Waals surface area (Å²) in [7, 11) is -3.32. The van der Waals surface area contributed by atoms with Crippen LogP contribution in [-0.2, 0) is 19.6 Å². The number of morpholine rings is 1. The van der Waals surface area contributed by atoms with Crippen molar-refractivity contribution in [3.63, 3.8) is 0 Å². The van der Waals surface area contributed by atoms with Crippen molar-refractivity contribution in [2.45, 2.75) is 12.1 Å². The van der Waals surface area contributed by atoms with E-state index < -0.39 is 22.2 Å². The van der Waals surface area contributed by atoms with Gasteiger partial charge in [0, 0.05) is 5.69 Å². The van der Waals surface area contributed by atoms with Crippen molar-refractivity contribution in [1.82, 2.24) is 5.32 Å². The van der Waals surface area contributed by atoms with Gasteiger partial charge in [0.2, 0.25) is 15.9 Å². The minimum atomic E-state index is -3.32. The maximum Gasteiger partial charge on any atom is 0.246 e. The highest BCUT2D eigenvalue weighted by Crippen LogP contribution is 2.25. The Morgan fingerprint density at radius 3 is 2.60 bits per heavy atom. The van der Waals surface area contributed by atoms with Crippen molar-refractivity contribution >= 4 is 21.6 Å². The van der Waals surface area contributed by atoms with Gasteiger partial charge in [-0.2, -0.15) is 0 Å². The van der Waals surface area contributed by atoms with E-state index in [2.05, 4.69) is 10.0 Å². The molecular formula is C12H16N2O5S. The molecule has 1 aliphatic heterocycles.